The molecule has 0 bridgehead atoms. The second-order valence-corrected chi connectivity index (χ2v) is 6.66. The minimum Gasteiger partial charge on any atom is -0.489 e. The van der Waals surface area contributed by atoms with Gasteiger partial charge in [0, 0.05) is 31.0 Å². The summed E-state index contributed by atoms with van der Waals surface area (Å²) in [6.07, 6.45) is 4.44. The molecule has 0 aliphatic carbocycles. The molecule has 2 N–H and O–H groups in total. The number of nitrogens with two attached hydrogens (primary N) is 1. The van der Waals surface area contributed by atoms with Crippen molar-refractivity contribution in [3.05, 3.63) is 59.9 Å². The van der Waals surface area contributed by atoms with Crippen molar-refractivity contribution in [2.75, 3.05) is 19.6 Å². The van der Waals surface area contributed by atoms with Gasteiger partial charge in [-0.05, 0) is 60.3 Å². The minimum absolute atomic E-state index is 0. The Hall–Kier alpha value is -2.11. The highest BCUT2D eigenvalue weighted by Crippen LogP contribution is 2.29. The van der Waals surface area contributed by atoms with Crippen LogP contribution in [0, 0.1) is 5.41 Å². The molecule has 0 radical (unpaired) electrons. The molecule has 6 heteroatoms. The van der Waals surface area contributed by atoms with Crippen LogP contribution in [0.25, 0.3) is 0 Å². The number of carbonyl (C=O) groups is 1. The Morgan fingerprint density at radius 2 is 1.92 bits per heavy atom. The van der Waals surface area contributed by atoms with Crippen LogP contribution in [0.1, 0.15) is 29.3 Å². The summed E-state index contributed by atoms with van der Waals surface area (Å²) in [6, 6.07) is 11.2. The van der Waals surface area contributed by atoms with Crippen molar-refractivity contribution >= 4 is 18.3 Å². The van der Waals surface area contributed by atoms with Crippen LogP contribution in [0.2, 0.25) is 0 Å². The maximum absolute atomic E-state index is 12.6. The lowest BCUT2D eigenvalue weighted by Crippen LogP contribution is -2.34. The zero-order chi connectivity index (χ0) is 17.0. The summed E-state index contributed by atoms with van der Waals surface area (Å²) in [6.45, 7) is 4.72. The fraction of sp³-hybridized carbons (Fsp3) is 0.368. The average Bonchev–Trinajstić information content (AvgIpc) is 3.04. The van der Waals surface area contributed by atoms with Crippen molar-refractivity contribution in [2.45, 2.75) is 20.0 Å². The number of nitrogens with zero attached hydrogens (tertiary/aromatic N) is 2. The fourth-order valence-corrected chi connectivity index (χ4v) is 2.89. The maximum Gasteiger partial charge on any atom is 0.253 e. The predicted molar refractivity (Wildman–Crippen MR) is 99.9 cm³/mol. The normalized spacial score (nSPS) is 19.4. The number of hydrogen-bond donors (Lipinski definition) is 1. The zero-order valence-corrected chi connectivity index (χ0v) is 15.2. The van der Waals surface area contributed by atoms with Gasteiger partial charge >= 0.3 is 0 Å². The number of halogens is 1. The second kappa shape index (κ2) is 8.32. The van der Waals surface area contributed by atoms with E-state index in [4.69, 9.17) is 10.5 Å². The van der Waals surface area contributed by atoms with E-state index in [1.54, 1.807) is 12.4 Å². The van der Waals surface area contributed by atoms with Crippen molar-refractivity contribution in [2.24, 2.45) is 11.1 Å². The molecule has 5 nitrogen and oxygen atoms in total. The number of ether oxygens (including phenoxy) is 1. The van der Waals surface area contributed by atoms with Crippen LogP contribution in [0.15, 0.2) is 48.8 Å². The standard InChI is InChI=1S/C19H23N3O2.ClH/c1-19(13-20)8-11-22(14-19)18(23)16-2-4-17(5-3-16)24-12-15-6-9-21-10-7-15;/h2-7,9-10H,8,11-14,20H2,1H3;1H. The topological polar surface area (TPSA) is 68.5 Å². The Kier molecular flexibility index (Phi) is 6.39. The Bertz CT molecular complexity index is 694. The molecule has 1 fully saturated rings. The summed E-state index contributed by atoms with van der Waals surface area (Å²) in [4.78, 5) is 18.4. The first-order valence-corrected chi connectivity index (χ1v) is 8.21. The summed E-state index contributed by atoms with van der Waals surface area (Å²) >= 11 is 0. The Morgan fingerprint density at radius 1 is 1.24 bits per heavy atom. The highest BCUT2D eigenvalue weighted by Gasteiger charge is 2.35. The first-order valence-electron chi connectivity index (χ1n) is 8.21. The van der Waals surface area contributed by atoms with Gasteiger partial charge in [0.1, 0.15) is 12.4 Å². The van der Waals surface area contributed by atoms with Gasteiger partial charge in [-0.2, -0.15) is 0 Å². The van der Waals surface area contributed by atoms with Crippen LogP contribution in [-0.2, 0) is 6.61 Å². The van der Waals surface area contributed by atoms with Crippen LogP contribution in [-0.4, -0.2) is 35.4 Å². The lowest BCUT2D eigenvalue weighted by atomic mass is 9.90. The molecule has 2 heterocycles. The Morgan fingerprint density at radius 3 is 2.52 bits per heavy atom. The summed E-state index contributed by atoms with van der Waals surface area (Å²) in [5.74, 6) is 0.810. The smallest absolute Gasteiger partial charge is 0.253 e. The minimum atomic E-state index is 0. The van der Waals surface area contributed by atoms with Crippen LogP contribution in [0.3, 0.4) is 0 Å². The van der Waals surface area contributed by atoms with Gasteiger partial charge in [-0.25, -0.2) is 0 Å². The quantitative estimate of drug-likeness (QED) is 0.889. The number of benzene rings is 1. The van der Waals surface area contributed by atoms with E-state index in [9.17, 15) is 4.79 Å². The number of aromatic nitrogens is 1. The predicted octanol–water partition coefficient (Wildman–Crippen LogP) is 2.89. The van der Waals surface area contributed by atoms with Crippen LogP contribution in [0.4, 0.5) is 0 Å². The molecule has 1 atom stereocenters. The van der Waals surface area contributed by atoms with E-state index < -0.39 is 0 Å². The first kappa shape index (κ1) is 19.2. The third-order valence-electron chi connectivity index (χ3n) is 4.59. The number of pyridine rings is 1. The molecule has 3 rings (SSSR count). The number of hydrogen-bond acceptors (Lipinski definition) is 4. The molecule has 134 valence electrons. The maximum atomic E-state index is 12.6. The molecule has 1 aromatic carbocycles. The second-order valence-electron chi connectivity index (χ2n) is 6.66. The number of likely N-dealkylation sites (tertiary alicyclic amines) is 1. The molecule has 1 amide bonds. The molecule has 25 heavy (non-hydrogen) atoms. The SMILES string of the molecule is CC1(CN)CCN(C(=O)c2ccc(OCc3ccncc3)cc2)C1.Cl. The Labute approximate surface area is 154 Å². The highest BCUT2D eigenvalue weighted by molar-refractivity contribution is 5.94. The molecular formula is C19H24ClN3O2. The summed E-state index contributed by atoms with van der Waals surface area (Å²) < 4.78 is 5.73. The Balaban J connectivity index is 0.00000225. The lowest BCUT2D eigenvalue weighted by molar-refractivity contribution is 0.0777. The third-order valence-corrected chi connectivity index (χ3v) is 4.59. The van der Waals surface area contributed by atoms with Crippen molar-refractivity contribution < 1.29 is 9.53 Å². The van der Waals surface area contributed by atoms with E-state index in [0.29, 0.717) is 18.7 Å². The fourth-order valence-electron chi connectivity index (χ4n) is 2.89. The molecule has 1 saturated heterocycles. The molecule has 1 aromatic heterocycles. The average molecular weight is 362 g/mol. The summed E-state index contributed by atoms with van der Waals surface area (Å²) in [5, 5.41) is 0. The van der Waals surface area contributed by atoms with Crippen LogP contribution < -0.4 is 10.5 Å². The first-order chi connectivity index (χ1) is 11.6. The van der Waals surface area contributed by atoms with Crippen LogP contribution >= 0.6 is 12.4 Å². The van der Waals surface area contributed by atoms with E-state index in [-0.39, 0.29) is 23.7 Å². The number of rotatable bonds is 5. The third kappa shape index (κ3) is 4.71. The van der Waals surface area contributed by atoms with Gasteiger partial charge in [-0.3, -0.25) is 9.78 Å². The van der Waals surface area contributed by atoms with Crippen molar-refractivity contribution in [1.82, 2.24) is 9.88 Å². The van der Waals surface area contributed by atoms with Crippen molar-refractivity contribution in [3.8, 4) is 5.75 Å². The molecular weight excluding hydrogens is 338 g/mol. The van der Waals surface area contributed by atoms with Gasteiger partial charge in [-0.1, -0.05) is 6.92 Å². The van der Waals surface area contributed by atoms with E-state index in [1.165, 1.54) is 0 Å². The van der Waals surface area contributed by atoms with E-state index in [0.717, 1.165) is 30.8 Å². The monoisotopic (exact) mass is 361 g/mol. The van der Waals surface area contributed by atoms with Crippen LogP contribution in [0.5, 0.6) is 5.75 Å². The molecule has 0 spiro atoms. The zero-order valence-electron chi connectivity index (χ0n) is 14.4. The lowest BCUT2D eigenvalue weighted by Gasteiger charge is -2.22. The van der Waals surface area contributed by atoms with Gasteiger partial charge in [0.2, 0.25) is 0 Å². The van der Waals surface area contributed by atoms with E-state index >= 15 is 0 Å². The molecule has 1 unspecified atom stereocenters. The van der Waals surface area contributed by atoms with Crippen molar-refractivity contribution in [3.63, 3.8) is 0 Å². The largest absolute Gasteiger partial charge is 0.489 e. The van der Waals surface area contributed by atoms with Gasteiger partial charge < -0.3 is 15.4 Å². The molecule has 0 saturated carbocycles. The van der Waals surface area contributed by atoms with Gasteiger partial charge in [0.15, 0.2) is 0 Å². The van der Waals surface area contributed by atoms with Gasteiger partial charge in [0.05, 0.1) is 0 Å². The van der Waals surface area contributed by atoms with Crippen molar-refractivity contribution in [1.29, 1.82) is 0 Å². The number of amides is 1. The molecule has 1 aliphatic rings. The summed E-state index contributed by atoms with van der Waals surface area (Å²) in [7, 11) is 0. The van der Waals surface area contributed by atoms with E-state index in [1.807, 2.05) is 41.3 Å². The molecule has 2 aromatic rings. The van der Waals surface area contributed by atoms with Gasteiger partial charge in [-0.15, -0.1) is 12.4 Å². The van der Waals surface area contributed by atoms with E-state index in [2.05, 4.69) is 11.9 Å². The number of carbonyl (C=O) groups excluding carboxylic acids is 1. The molecule has 1 aliphatic heterocycles. The summed E-state index contributed by atoms with van der Waals surface area (Å²) in [5.41, 5.74) is 7.60. The highest BCUT2D eigenvalue weighted by atomic mass is 35.5. The van der Waals surface area contributed by atoms with Gasteiger partial charge in [0.25, 0.3) is 5.91 Å².